The van der Waals surface area contributed by atoms with Crippen molar-refractivity contribution in [3.8, 4) is 0 Å². The lowest BCUT2D eigenvalue weighted by Gasteiger charge is -2.17. The minimum absolute atomic E-state index is 0.0385. The first-order valence-corrected chi connectivity index (χ1v) is 13.7. The molecule has 0 spiro atoms. The number of rotatable bonds is 6. The SMILES string of the molecule is O=C1/C(=C/c2cn(Cc3ccc(Cl)cc3)c3ccc(Br)cc23)SC(=S)N1CCC1CCCC1. The van der Waals surface area contributed by atoms with Crippen LogP contribution in [0.1, 0.15) is 43.2 Å². The molecule has 0 atom stereocenters. The van der Waals surface area contributed by atoms with Gasteiger partial charge in [-0.05, 0) is 54.3 Å². The highest BCUT2D eigenvalue weighted by molar-refractivity contribution is 9.10. The van der Waals surface area contributed by atoms with Gasteiger partial charge in [0.1, 0.15) is 4.32 Å². The van der Waals surface area contributed by atoms with Crippen molar-refractivity contribution in [2.75, 3.05) is 6.54 Å². The van der Waals surface area contributed by atoms with Crippen molar-refractivity contribution in [1.29, 1.82) is 0 Å². The van der Waals surface area contributed by atoms with E-state index in [1.165, 1.54) is 43.0 Å². The molecule has 3 nitrogen and oxygen atoms in total. The summed E-state index contributed by atoms with van der Waals surface area (Å²) in [5.74, 6) is 0.776. The molecule has 2 aromatic carbocycles. The first-order valence-electron chi connectivity index (χ1n) is 11.3. The molecule has 3 aromatic rings. The molecular formula is C26H24BrClN2OS2. The van der Waals surface area contributed by atoms with E-state index in [4.69, 9.17) is 23.8 Å². The summed E-state index contributed by atoms with van der Waals surface area (Å²) in [5.41, 5.74) is 3.32. The van der Waals surface area contributed by atoms with E-state index in [1.807, 2.05) is 36.4 Å². The highest BCUT2D eigenvalue weighted by atomic mass is 79.9. The third-order valence-corrected chi connectivity index (χ3v) is 8.66. The molecule has 0 bridgehead atoms. The van der Waals surface area contributed by atoms with Crippen LogP contribution in [0.15, 0.2) is 58.0 Å². The van der Waals surface area contributed by atoms with Gasteiger partial charge in [0, 0.05) is 45.2 Å². The Morgan fingerprint density at radius 1 is 1.15 bits per heavy atom. The summed E-state index contributed by atoms with van der Waals surface area (Å²) in [4.78, 5) is 15.7. The van der Waals surface area contributed by atoms with Crippen molar-refractivity contribution in [1.82, 2.24) is 9.47 Å². The smallest absolute Gasteiger partial charge is 0.266 e. The molecule has 1 saturated carbocycles. The maximum Gasteiger partial charge on any atom is 0.266 e. The number of fused-ring (bicyclic) bond motifs is 1. The summed E-state index contributed by atoms with van der Waals surface area (Å²) in [6, 6.07) is 14.2. The second-order valence-corrected chi connectivity index (χ2v) is 11.8. The summed E-state index contributed by atoms with van der Waals surface area (Å²) >= 11 is 16.6. The van der Waals surface area contributed by atoms with E-state index in [1.54, 1.807) is 4.90 Å². The molecule has 1 aliphatic carbocycles. The van der Waals surface area contributed by atoms with E-state index in [9.17, 15) is 4.79 Å². The van der Waals surface area contributed by atoms with Crippen molar-refractivity contribution in [2.24, 2.45) is 5.92 Å². The highest BCUT2D eigenvalue weighted by Gasteiger charge is 2.32. The molecule has 1 amide bonds. The van der Waals surface area contributed by atoms with Gasteiger partial charge in [-0.25, -0.2) is 0 Å². The van der Waals surface area contributed by atoms with Gasteiger partial charge in [-0.2, -0.15) is 0 Å². The molecule has 7 heteroatoms. The number of halogens is 2. The summed E-state index contributed by atoms with van der Waals surface area (Å²) in [7, 11) is 0. The van der Waals surface area contributed by atoms with Crippen LogP contribution in [-0.4, -0.2) is 26.2 Å². The molecule has 1 saturated heterocycles. The number of thiocarbonyl (C=S) groups is 1. The molecule has 2 fully saturated rings. The van der Waals surface area contributed by atoms with Crippen molar-refractivity contribution in [2.45, 2.75) is 38.6 Å². The van der Waals surface area contributed by atoms with Crippen LogP contribution in [0.2, 0.25) is 5.02 Å². The molecule has 33 heavy (non-hydrogen) atoms. The molecule has 0 N–H and O–H groups in total. The number of benzene rings is 2. The Kier molecular flexibility index (Phi) is 6.98. The molecule has 2 aliphatic rings. The van der Waals surface area contributed by atoms with Gasteiger partial charge in [0.05, 0.1) is 4.91 Å². The minimum atomic E-state index is 0.0385. The monoisotopic (exact) mass is 558 g/mol. The molecule has 2 heterocycles. The van der Waals surface area contributed by atoms with Gasteiger partial charge in [0.2, 0.25) is 0 Å². The van der Waals surface area contributed by atoms with Gasteiger partial charge in [0.15, 0.2) is 0 Å². The number of thioether (sulfide) groups is 1. The van der Waals surface area contributed by atoms with E-state index in [-0.39, 0.29) is 5.91 Å². The fourth-order valence-corrected chi connectivity index (χ4v) is 6.56. The van der Waals surface area contributed by atoms with Crippen molar-refractivity contribution >= 4 is 78.7 Å². The van der Waals surface area contributed by atoms with Crippen molar-refractivity contribution in [3.05, 3.63) is 74.2 Å². The summed E-state index contributed by atoms with van der Waals surface area (Å²) in [6.45, 7) is 1.46. The minimum Gasteiger partial charge on any atom is -0.342 e. The van der Waals surface area contributed by atoms with E-state index in [0.29, 0.717) is 9.23 Å². The van der Waals surface area contributed by atoms with Crippen LogP contribution < -0.4 is 0 Å². The zero-order valence-electron chi connectivity index (χ0n) is 18.1. The number of nitrogens with zero attached hydrogens (tertiary/aromatic N) is 2. The summed E-state index contributed by atoms with van der Waals surface area (Å²) in [5, 5.41) is 1.84. The van der Waals surface area contributed by atoms with Crippen LogP contribution in [0.3, 0.4) is 0 Å². The molecule has 0 unspecified atom stereocenters. The molecular weight excluding hydrogens is 536 g/mol. The predicted molar refractivity (Wildman–Crippen MR) is 147 cm³/mol. The number of carbonyl (C=O) groups is 1. The van der Waals surface area contributed by atoms with Gasteiger partial charge in [-0.3, -0.25) is 9.69 Å². The Labute approximate surface area is 217 Å². The maximum absolute atomic E-state index is 13.2. The van der Waals surface area contributed by atoms with Crippen LogP contribution in [0.5, 0.6) is 0 Å². The summed E-state index contributed by atoms with van der Waals surface area (Å²) in [6.07, 6.45) is 10.4. The number of hydrogen-bond donors (Lipinski definition) is 0. The van der Waals surface area contributed by atoms with Crippen LogP contribution in [0.4, 0.5) is 0 Å². The molecule has 170 valence electrons. The van der Waals surface area contributed by atoms with Crippen LogP contribution in [0, 0.1) is 5.92 Å². The number of carbonyl (C=O) groups excluding carboxylic acids is 1. The lowest BCUT2D eigenvalue weighted by Crippen LogP contribution is -2.30. The van der Waals surface area contributed by atoms with E-state index >= 15 is 0 Å². The van der Waals surface area contributed by atoms with Gasteiger partial charge >= 0.3 is 0 Å². The Morgan fingerprint density at radius 2 is 1.91 bits per heavy atom. The lowest BCUT2D eigenvalue weighted by atomic mass is 10.0. The van der Waals surface area contributed by atoms with Crippen LogP contribution >= 0.6 is 51.5 Å². The highest BCUT2D eigenvalue weighted by Crippen LogP contribution is 2.36. The van der Waals surface area contributed by atoms with Crippen molar-refractivity contribution < 1.29 is 4.79 Å². The van der Waals surface area contributed by atoms with Gasteiger partial charge < -0.3 is 4.57 Å². The van der Waals surface area contributed by atoms with Gasteiger partial charge in [-0.1, -0.05) is 89.3 Å². The van der Waals surface area contributed by atoms with Crippen LogP contribution in [-0.2, 0) is 11.3 Å². The number of hydrogen-bond acceptors (Lipinski definition) is 3. The van der Waals surface area contributed by atoms with Crippen molar-refractivity contribution in [3.63, 3.8) is 0 Å². The fourth-order valence-electron chi connectivity index (χ4n) is 4.77. The first kappa shape index (κ1) is 23.2. The van der Waals surface area contributed by atoms with Gasteiger partial charge in [-0.15, -0.1) is 0 Å². The standard InChI is InChI=1S/C26H24BrClN2OS2/c27-20-7-10-23-22(14-20)19(16-29(23)15-18-5-8-21(28)9-6-18)13-24-25(31)30(26(32)33-24)12-11-17-3-1-2-4-17/h5-10,13-14,16-17H,1-4,11-12,15H2/b24-13-. The zero-order chi connectivity index (χ0) is 22.9. The third kappa shape index (κ3) is 5.09. The molecule has 1 aromatic heterocycles. The molecule has 5 rings (SSSR count). The Bertz CT molecular complexity index is 1250. The second-order valence-electron chi connectivity index (χ2n) is 8.77. The summed E-state index contributed by atoms with van der Waals surface area (Å²) < 4.78 is 3.91. The largest absolute Gasteiger partial charge is 0.342 e. The van der Waals surface area contributed by atoms with Gasteiger partial charge in [0.25, 0.3) is 5.91 Å². The lowest BCUT2D eigenvalue weighted by molar-refractivity contribution is -0.122. The average Bonchev–Trinajstić information content (AvgIpc) is 3.49. The number of amides is 1. The normalized spacial score (nSPS) is 18.4. The second kappa shape index (κ2) is 9.95. The van der Waals surface area contributed by atoms with Crippen LogP contribution in [0.25, 0.3) is 17.0 Å². The maximum atomic E-state index is 13.2. The third-order valence-electron chi connectivity index (χ3n) is 6.54. The Morgan fingerprint density at radius 3 is 2.67 bits per heavy atom. The van der Waals surface area contributed by atoms with E-state index in [0.717, 1.165) is 51.4 Å². The molecule has 1 aliphatic heterocycles. The topological polar surface area (TPSA) is 25.2 Å². The zero-order valence-corrected chi connectivity index (χ0v) is 22.1. The molecule has 0 radical (unpaired) electrons. The fraction of sp³-hybridized carbons (Fsp3) is 0.308. The van der Waals surface area contributed by atoms with E-state index in [2.05, 4.69) is 38.8 Å². The first-order chi connectivity index (χ1) is 16.0. The Balaban J connectivity index is 1.42. The Hall–Kier alpha value is -1.60. The predicted octanol–water partition coefficient (Wildman–Crippen LogP) is 7.89. The average molecular weight is 560 g/mol. The van der Waals surface area contributed by atoms with E-state index < -0.39 is 0 Å². The quantitative estimate of drug-likeness (QED) is 0.227. The number of aromatic nitrogens is 1.